The first-order valence-corrected chi connectivity index (χ1v) is 13.5. The van der Waals surface area contributed by atoms with Crippen LogP contribution in [-0.4, -0.2) is 15.0 Å². The number of fused-ring (bicyclic) bond motifs is 3. The van der Waals surface area contributed by atoms with Crippen LogP contribution in [0.5, 0.6) is 5.75 Å². The third-order valence-electron chi connectivity index (χ3n) is 7.39. The summed E-state index contributed by atoms with van der Waals surface area (Å²) in [5.74, 6) is 2.89. The summed E-state index contributed by atoms with van der Waals surface area (Å²) in [6.07, 6.45) is 0. The summed E-state index contributed by atoms with van der Waals surface area (Å²) in [4.78, 5) is 14.5. The third kappa shape index (κ3) is 4.34. The molecule has 6 aromatic rings. The van der Waals surface area contributed by atoms with Crippen molar-refractivity contribution >= 4 is 0 Å². The topological polar surface area (TPSA) is 47.9 Å². The Morgan fingerprint density at radius 1 is 0.450 bits per heavy atom. The van der Waals surface area contributed by atoms with E-state index in [1.807, 2.05) is 72.8 Å². The van der Waals surface area contributed by atoms with Crippen molar-refractivity contribution < 1.29 is 4.74 Å². The molecular weight excluding hydrogens is 490 g/mol. The lowest BCUT2D eigenvalue weighted by atomic mass is 9.84. The predicted molar refractivity (Wildman–Crippen MR) is 161 cm³/mol. The zero-order valence-electron chi connectivity index (χ0n) is 22.4. The summed E-state index contributed by atoms with van der Waals surface area (Å²) in [7, 11) is 0. The van der Waals surface area contributed by atoms with Gasteiger partial charge in [-0.25, -0.2) is 15.0 Å². The molecule has 0 aliphatic carbocycles. The Labute approximate surface area is 234 Å². The Morgan fingerprint density at radius 3 is 1.52 bits per heavy atom. The number of benzene rings is 5. The molecule has 0 N–H and O–H groups in total. The standard InChI is InChI=1S/C36H27N3O/c1-36(2)31-23-28(21-22-29(31)30-15-9-10-16-32(30)40-36)24-17-19-27(20-18-24)35-38-33(25-11-5-3-6-12-25)37-34(39-35)26-13-7-4-8-14-26/h3-23H,1-2H3. The van der Waals surface area contributed by atoms with Gasteiger partial charge in [-0.15, -0.1) is 0 Å². The summed E-state index contributed by atoms with van der Waals surface area (Å²) < 4.78 is 6.39. The van der Waals surface area contributed by atoms with Gasteiger partial charge in [-0.1, -0.05) is 115 Å². The molecular formula is C36H27N3O. The fourth-order valence-electron chi connectivity index (χ4n) is 5.31. The SMILES string of the molecule is CC1(C)Oc2ccccc2-c2ccc(-c3ccc(-c4nc(-c5ccccc5)nc(-c5ccccc5)n4)cc3)cc21. The Bertz CT molecular complexity index is 1770. The molecule has 5 aromatic carbocycles. The maximum atomic E-state index is 6.39. The van der Waals surface area contributed by atoms with Crippen molar-refractivity contribution in [1.82, 2.24) is 15.0 Å². The monoisotopic (exact) mass is 517 g/mol. The van der Waals surface area contributed by atoms with Crippen LogP contribution in [0.4, 0.5) is 0 Å². The lowest BCUT2D eigenvalue weighted by Crippen LogP contribution is -2.29. The van der Waals surface area contributed by atoms with E-state index in [0.29, 0.717) is 17.5 Å². The number of para-hydroxylation sites is 1. The highest BCUT2D eigenvalue weighted by Crippen LogP contribution is 2.46. The van der Waals surface area contributed by atoms with Crippen LogP contribution in [0.2, 0.25) is 0 Å². The molecule has 4 heteroatoms. The van der Waals surface area contributed by atoms with Gasteiger partial charge in [0.1, 0.15) is 11.4 Å². The van der Waals surface area contributed by atoms with Crippen molar-refractivity contribution in [2.75, 3.05) is 0 Å². The zero-order valence-corrected chi connectivity index (χ0v) is 22.4. The van der Waals surface area contributed by atoms with E-state index in [0.717, 1.165) is 39.1 Å². The minimum Gasteiger partial charge on any atom is -0.482 e. The number of rotatable bonds is 4. The zero-order chi connectivity index (χ0) is 27.1. The summed E-state index contributed by atoms with van der Waals surface area (Å²) in [5, 5.41) is 0. The molecule has 0 atom stereocenters. The fraction of sp³-hybridized carbons (Fsp3) is 0.0833. The van der Waals surface area contributed by atoms with E-state index in [1.54, 1.807) is 0 Å². The van der Waals surface area contributed by atoms with Gasteiger partial charge in [0, 0.05) is 27.8 Å². The van der Waals surface area contributed by atoms with Gasteiger partial charge in [0.2, 0.25) is 0 Å². The Balaban J connectivity index is 1.28. The maximum Gasteiger partial charge on any atom is 0.164 e. The van der Waals surface area contributed by atoms with Gasteiger partial charge in [-0.05, 0) is 42.7 Å². The van der Waals surface area contributed by atoms with Gasteiger partial charge in [0.25, 0.3) is 0 Å². The molecule has 1 aromatic heterocycles. The van der Waals surface area contributed by atoms with Crippen LogP contribution in [0.1, 0.15) is 19.4 Å². The highest BCUT2D eigenvalue weighted by atomic mass is 16.5. The molecule has 0 saturated carbocycles. The van der Waals surface area contributed by atoms with E-state index in [-0.39, 0.29) is 0 Å². The van der Waals surface area contributed by atoms with E-state index >= 15 is 0 Å². The average molecular weight is 518 g/mol. The fourth-order valence-corrected chi connectivity index (χ4v) is 5.31. The normalized spacial score (nSPS) is 13.2. The van der Waals surface area contributed by atoms with Gasteiger partial charge in [0.05, 0.1) is 0 Å². The molecule has 0 bridgehead atoms. The lowest BCUT2D eigenvalue weighted by Gasteiger charge is -2.35. The average Bonchev–Trinajstić information content (AvgIpc) is 3.01. The molecule has 0 radical (unpaired) electrons. The molecule has 2 heterocycles. The highest BCUT2D eigenvalue weighted by molar-refractivity contribution is 5.80. The van der Waals surface area contributed by atoms with Gasteiger partial charge in [0.15, 0.2) is 17.5 Å². The molecule has 40 heavy (non-hydrogen) atoms. The first-order chi connectivity index (χ1) is 19.5. The minimum absolute atomic E-state index is 0.424. The van der Waals surface area contributed by atoms with Crippen LogP contribution in [0.15, 0.2) is 127 Å². The number of aromatic nitrogens is 3. The van der Waals surface area contributed by atoms with Gasteiger partial charge >= 0.3 is 0 Å². The number of hydrogen-bond donors (Lipinski definition) is 0. The quantitative estimate of drug-likeness (QED) is 0.234. The highest BCUT2D eigenvalue weighted by Gasteiger charge is 2.32. The van der Waals surface area contributed by atoms with Crippen LogP contribution in [-0.2, 0) is 5.60 Å². The van der Waals surface area contributed by atoms with Crippen LogP contribution in [0, 0.1) is 0 Å². The molecule has 1 aliphatic heterocycles. The van der Waals surface area contributed by atoms with Crippen LogP contribution < -0.4 is 4.74 Å². The number of ether oxygens (including phenoxy) is 1. The Morgan fingerprint density at radius 2 is 0.925 bits per heavy atom. The Hall–Kier alpha value is -5.09. The molecule has 0 fully saturated rings. The second-order valence-electron chi connectivity index (χ2n) is 10.5. The van der Waals surface area contributed by atoms with Crippen molar-refractivity contribution in [1.29, 1.82) is 0 Å². The minimum atomic E-state index is -0.424. The van der Waals surface area contributed by atoms with Crippen molar-refractivity contribution in [3.05, 3.63) is 133 Å². The Kier molecular flexibility index (Phi) is 5.75. The second kappa shape index (κ2) is 9.58. The van der Waals surface area contributed by atoms with Crippen molar-refractivity contribution in [2.24, 2.45) is 0 Å². The third-order valence-corrected chi connectivity index (χ3v) is 7.39. The van der Waals surface area contributed by atoms with E-state index in [4.69, 9.17) is 19.7 Å². The maximum absolute atomic E-state index is 6.39. The number of nitrogens with zero attached hydrogens (tertiary/aromatic N) is 3. The molecule has 192 valence electrons. The molecule has 7 rings (SSSR count). The number of hydrogen-bond acceptors (Lipinski definition) is 4. The molecule has 1 aliphatic rings. The summed E-state index contributed by atoms with van der Waals surface area (Å²) in [6, 6.07) is 43.4. The molecule has 0 saturated heterocycles. The molecule has 0 amide bonds. The second-order valence-corrected chi connectivity index (χ2v) is 10.5. The van der Waals surface area contributed by atoms with Gasteiger partial charge in [-0.3, -0.25) is 0 Å². The molecule has 0 spiro atoms. The van der Waals surface area contributed by atoms with E-state index in [2.05, 4.69) is 68.4 Å². The van der Waals surface area contributed by atoms with E-state index < -0.39 is 5.60 Å². The van der Waals surface area contributed by atoms with E-state index in [1.165, 1.54) is 11.1 Å². The summed E-state index contributed by atoms with van der Waals surface area (Å²) >= 11 is 0. The van der Waals surface area contributed by atoms with Crippen LogP contribution in [0.3, 0.4) is 0 Å². The van der Waals surface area contributed by atoms with Crippen molar-refractivity contribution in [3.8, 4) is 62.2 Å². The van der Waals surface area contributed by atoms with E-state index in [9.17, 15) is 0 Å². The van der Waals surface area contributed by atoms with Crippen LogP contribution in [0.25, 0.3) is 56.4 Å². The molecule has 4 nitrogen and oxygen atoms in total. The largest absolute Gasteiger partial charge is 0.482 e. The first-order valence-electron chi connectivity index (χ1n) is 13.5. The molecule has 0 unspecified atom stereocenters. The summed E-state index contributed by atoms with van der Waals surface area (Å²) in [5.41, 5.74) is 8.25. The predicted octanol–water partition coefficient (Wildman–Crippen LogP) is 8.83. The van der Waals surface area contributed by atoms with Crippen molar-refractivity contribution in [2.45, 2.75) is 19.4 Å². The van der Waals surface area contributed by atoms with Crippen molar-refractivity contribution in [3.63, 3.8) is 0 Å². The van der Waals surface area contributed by atoms with Crippen LogP contribution >= 0.6 is 0 Å². The van der Waals surface area contributed by atoms with Gasteiger partial charge < -0.3 is 4.74 Å². The summed E-state index contributed by atoms with van der Waals surface area (Å²) in [6.45, 7) is 4.26. The lowest BCUT2D eigenvalue weighted by molar-refractivity contribution is 0.106. The van der Waals surface area contributed by atoms with Gasteiger partial charge in [-0.2, -0.15) is 0 Å². The first kappa shape index (κ1) is 24.0. The smallest absolute Gasteiger partial charge is 0.164 e.